The molecule has 1 spiro atoms. The van der Waals surface area contributed by atoms with Gasteiger partial charge >= 0.3 is 0 Å². The Bertz CT molecular complexity index is 1900. The van der Waals surface area contributed by atoms with E-state index in [4.69, 9.17) is 4.42 Å². The van der Waals surface area contributed by atoms with Gasteiger partial charge in [0.05, 0.1) is 23.2 Å². The molecule has 0 aliphatic carbocycles. The summed E-state index contributed by atoms with van der Waals surface area (Å²) < 4.78 is 20.3. The van der Waals surface area contributed by atoms with Gasteiger partial charge in [-0.15, -0.1) is 0 Å². The van der Waals surface area contributed by atoms with Gasteiger partial charge in [-0.3, -0.25) is 14.4 Å². The number of nitrogens with zero attached hydrogens (tertiary/aromatic N) is 2. The minimum atomic E-state index is -1.77. The van der Waals surface area contributed by atoms with Crippen LogP contribution in [0, 0.1) is 12.7 Å². The van der Waals surface area contributed by atoms with Gasteiger partial charge in [0.15, 0.2) is 11.0 Å². The smallest absolute Gasteiger partial charge is 0.291 e. The number of carbonyl (C=O) groups excluding carboxylic acids is 2. The van der Waals surface area contributed by atoms with Crippen molar-refractivity contribution >= 4 is 28.5 Å². The van der Waals surface area contributed by atoms with Crippen LogP contribution in [0.1, 0.15) is 38.4 Å². The second kappa shape index (κ2) is 8.74. The highest BCUT2D eigenvalue weighted by Crippen LogP contribution is 2.53. The van der Waals surface area contributed by atoms with Crippen molar-refractivity contribution in [2.45, 2.75) is 25.6 Å². The highest BCUT2D eigenvalue weighted by Gasteiger charge is 2.64. The van der Waals surface area contributed by atoms with E-state index in [-0.39, 0.29) is 35.4 Å². The molecule has 0 fully saturated rings. The summed E-state index contributed by atoms with van der Waals surface area (Å²) in [5, 5.41) is -0.0186. The number of fused-ring (bicyclic) bond motifs is 5. The fraction of sp³-hybridized carbons (Fsp3) is 0.121. The van der Waals surface area contributed by atoms with E-state index in [0.717, 1.165) is 22.8 Å². The average Bonchev–Trinajstić information content (AvgIpc) is 3.35. The predicted octanol–water partition coefficient (Wildman–Crippen LogP) is 5.69. The number of amides is 2. The lowest BCUT2D eigenvalue weighted by Gasteiger charge is -2.34. The molecule has 1 atom stereocenters. The number of carbonyl (C=O) groups is 2. The molecular formula is C33H23FN2O4. The lowest BCUT2D eigenvalue weighted by Crippen LogP contribution is -2.52. The summed E-state index contributed by atoms with van der Waals surface area (Å²) in [5.41, 5.74) is 1.50. The van der Waals surface area contributed by atoms with Crippen molar-refractivity contribution in [3.63, 3.8) is 0 Å². The van der Waals surface area contributed by atoms with Gasteiger partial charge in [-0.05, 0) is 42.3 Å². The van der Waals surface area contributed by atoms with Crippen LogP contribution in [0.25, 0.3) is 11.0 Å². The fourth-order valence-electron chi connectivity index (χ4n) is 5.98. The standard InChI is InChI=1S/C33H23FN2O4/c1-20-11-13-22(14-12-20)19-36-31(38)30-28(29(37)24-17-23(34)15-16-27(24)40-30)33(36)25-9-5-6-10-26(25)35(32(33)39)18-21-7-3-2-4-8-21/h2-17H,18-19H2,1H3. The molecule has 40 heavy (non-hydrogen) atoms. The normalized spacial score (nSPS) is 17.6. The Labute approximate surface area is 228 Å². The van der Waals surface area contributed by atoms with Crippen molar-refractivity contribution in [2.24, 2.45) is 0 Å². The summed E-state index contributed by atoms with van der Waals surface area (Å²) in [7, 11) is 0. The zero-order valence-corrected chi connectivity index (χ0v) is 21.6. The van der Waals surface area contributed by atoms with Gasteiger partial charge in [0, 0.05) is 12.1 Å². The molecule has 2 aliphatic rings. The first-order valence-electron chi connectivity index (χ1n) is 13.0. The summed E-state index contributed by atoms with van der Waals surface area (Å²) in [6.07, 6.45) is 0. The minimum Gasteiger partial charge on any atom is -0.450 e. The third-order valence-corrected chi connectivity index (χ3v) is 7.84. The van der Waals surface area contributed by atoms with Crippen LogP contribution in [-0.4, -0.2) is 16.7 Å². The molecule has 6 nitrogen and oxygen atoms in total. The molecule has 2 amide bonds. The molecule has 0 saturated heterocycles. The number of aryl methyl sites for hydroxylation is 1. The lowest BCUT2D eigenvalue weighted by molar-refractivity contribution is -0.126. The van der Waals surface area contributed by atoms with Crippen molar-refractivity contribution in [1.29, 1.82) is 0 Å². The summed E-state index contributed by atoms with van der Waals surface area (Å²) >= 11 is 0. The third-order valence-electron chi connectivity index (χ3n) is 7.84. The van der Waals surface area contributed by atoms with Gasteiger partial charge in [-0.1, -0.05) is 78.4 Å². The van der Waals surface area contributed by atoms with E-state index in [1.54, 1.807) is 17.0 Å². The Hall–Kier alpha value is -5.04. The maximum atomic E-state index is 14.8. The highest BCUT2D eigenvalue weighted by atomic mass is 19.1. The van der Waals surface area contributed by atoms with Crippen LogP contribution < -0.4 is 10.3 Å². The summed E-state index contributed by atoms with van der Waals surface area (Å²) in [6, 6.07) is 28.0. The van der Waals surface area contributed by atoms with E-state index in [0.29, 0.717) is 11.3 Å². The number of benzene rings is 4. The number of para-hydroxylation sites is 1. The van der Waals surface area contributed by atoms with E-state index < -0.39 is 28.6 Å². The Morgan fingerprint density at radius 2 is 1.50 bits per heavy atom. The maximum Gasteiger partial charge on any atom is 0.291 e. The second-order valence-electron chi connectivity index (χ2n) is 10.3. The maximum absolute atomic E-state index is 14.8. The monoisotopic (exact) mass is 530 g/mol. The van der Waals surface area contributed by atoms with E-state index in [1.807, 2.05) is 73.7 Å². The molecule has 0 saturated carbocycles. The first-order valence-corrected chi connectivity index (χ1v) is 13.0. The molecule has 1 aromatic heterocycles. The highest BCUT2D eigenvalue weighted by molar-refractivity contribution is 6.17. The molecule has 2 aliphatic heterocycles. The van der Waals surface area contributed by atoms with Gasteiger partial charge < -0.3 is 14.2 Å². The van der Waals surface area contributed by atoms with Crippen LogP contribution in [0.15, 0.2) is 106 Å². The molecule has 1 unspecified atom stereocenters. The molecule has 5 aromatic rings. The van der Waals surface area contributed by atoms with Crippen LogP contribution in [0.5, 0.6) is 0 Å². The van der Waals surface area contributed by atoms with Gasteiger partial charge in [0.25, 0.3) is 11.8 Å². The molecule has 7 rings (SSSR count). The average molecular weight is 531 g/mol. The lowest BCUT2D eigenvalue weighted by atomic mass is 9.83. The second-order valence-corrected chi connectivity index (χ2v) is 10.3. The van der Waals surface area contributed by atoms with Crippen LogP contribution >= 0.6 is 0 Å². The Morgan fingerprint density at radius 3 is 2.27 bits per heavy atom. The van der Waals surface area contributed by atoms with Crippen LogP contribution in [0.3, 0.4) is 0 Å². The fourth-order valence-corrected chi connectivity index (χ4v) is 5.98. The number of halogens is 1. The van der Waals surface area contributed by atoms with Gasteiger partial charge in [0.2, 0.25) is 5.76 Å². The molecule has 0 radical (unpaired) electrons. The minimum absolute atomic E-state index is 0.0186. The van der Waals surface area contributed by atoms with Gasteiger partial charge in [-0.2, -0.15) is 0 Å². The summed E-state index contributed by atoms with van der Waals surface area (Å²) in [5.74, 6) is -1.80. The summed E-state index contributed by atoms with van der Waals surface area (Å²) in [6.45, 7) is 2.27. The first kappa shape index (κ1) is 24.0. The van der Waals surface area contributed by atoms with E-state index in [1.165, 1.54) is 17.0 Å². The van der Waals surface area contributed by atoms with Crippen LogP contribution in [-0.2, 0) is 23.4 Å². The number of hydrogen-bond donors (Lipinski definition) is 0. The van der Waals surface area contributed by atoms with E-state index >= 15 is 0 Å². The van der Waals surface area contributed by atoms with Gasteiger partial charge in [-0.25, -0.2) is 4.39 Å². The molecule has 0 bridgehead atoms. The largest absolute Gasteiger partial charge is 0.450 e. The van der Waals surface area contributed by atoms with Crippen molar-refractivity contribution in [1.82, 2.24) is 4.90 Å². The first-order chi connectivity index (χ1) is 19.4. The molecule has 196 valence electrons. The number of hydrogen-bond acceptors (Lipinski definition) is 4. The van der Waals surface area contributed by atoms with E-state index in [2.05, 4.69) is 0 Å². The topological polar surface area (TPSA) is 70.8 Å². The Balaban J connectivity index is 1.52. The van der Waals surface area contributed by atoms with Crippen molar-refractivity contribution < 1.29 is 18.4 Å². The number of anilines is 1. The molecule has 0 N–H and O–H groups in total. The van der Waals surface area contributed by atoms with Crippen molar-refractivity contribution in [3.05, 3.63) is 147 Å². The predicted molar refractivity (Wildman–Crippen MR) is 148 cm³/mol. The third kappa shape index (κ3) is 3.30. The zero-order chi connectivity index (χ0) is 27.6. The van der Waals surface area contributed by atoms with E-state index in [9.17, 15) is 18.8 Å². The van der Waals surface area contributed by atoms with Gasteiger partial charge in [0.1, 0.15) is 11.4 Å². The molecular weight excluding hydrogens is 507 g/mol. The Kier molecular flexibility index (Phi) is 5.25. The SMILES string of the molecule is Cc1ccc(CN2C(=O)c3oc4ccc(F)cc4c(=O)c3C23C(=O)N(Cc2ccccc2)c2ccccc23)cc1. The van der Waals surface area contributed by atoms with Crippen molar-refractivity contribution in [2.75, 3.05) is 4.90 Å². The molecule has 7 heteroatoms. The Morgan fingerprint density at radius 1 is 0.800 bits per heavy atom. The van der Waals surface area contributed by atoms with Crippen molar-refractivity contribution in [3.8, 4) is 0 Å². The van der Waals surface area contributed by atoms with Crippen LogP contribution in [0.4, 0.5) is 10.1 Å². The quantitative estimate of drug-likeness (QED) is 0.300. The van der Waals surface area contributed by atoms with Crippen LogP contribution in [0.2, 0.25) is 0 Å². The number of rotatable bonds is 4. The zero-order valence-electron chi connectivity index (χ0n) is 21.6. The molecule has 3 heterocycles. The molecule has 4 aromatic carbocycles. The summed E-state index contributed by atoms with van der Waals surface area (Å²) in [4.78, 5) is 46.2.